The summed E-state index contributed by atoms with van der Waals surface area (Å²) >= 11 is 0. The van der Waals surface area contributed by atoms with Crippen molar-refractivity contribution in [1.29, 1.82) is 0 Å². The van der Waals surface area contributed by atoms with E-state index in [0.29, 0.717) is 0 Å². The minimum atomic E-state index is 1.08. The monoisotopic (exact) mass is 225 g/mol. The second kappa shape index (κ2) is 12.3. The zero-order valence-electron chi connectivity index (χ0n) is 11.2. The van der Waals surface area contributed by atoms with E-state index in [1.807, 2.05) is 19.6 Å². The summed E-state index contributed by atoms with van der Waals surface area (Å²) in [4.78, 5) is 0. The van der Waals surface area contributed by atoms with Crippen molar-refractivity contribution in [3.05, 3.63) is 12.8 Å². The molecule has 0 aliphatic rings. The summed E-state index contributed by atoms with van der Waals surface area (Å²) < 4.78 is 2.11. The third-order valence-electron chi connectivity index (χ3n) is 2.80. The number of hydrogen-bond acceptors (Lipinski definition) is 0. The number of nitrogens with one attached hydrogen (secondary N) is 1. The highest BCUT2D eigenvalue weighted by Gasteiger charge is 1.95. The molecule has 0 fully saturated rings. The predicted octanol–water partition coefficient (Wildman–Crippen LogP) is 3.53. The Morgan fingerprint density at radius 1 is 1.00 bits per heavy atom. The summed E-state index contributed by atoms with van der Waals surface area (Å²) in [6.07, 6.45) is 14.8. The lowest BCUT2D eigenvalue weighted by Crippen LogP contribution is -2.16. The van der Waals surface area contributed by atoms with Crippen molar-refractivity contribution in [3.63, 3.8) is 0 Å². The molecule has 2 nitrogen and oxygen atoms in total. The van der Waals surface area contributed by atoms with Gasteiger partial charge in [0.2, 0.25) is 6.34 Å². The van der Waals surface area contributed by atoms with Crippen LogP contribution in [0.1, 0.15) is 58.3 Å². The van der Waals surface area contributed by atoms with Crippen molar-refractivity contribution in [1.82, 2.24) is 5.32 Å². The van der Waals surface area contributed by atoms with Crippen molar-refractivity contribution in [2.75, 3.05) is 13.6 Å². The molecule has 0 unspecified atom stereocenters. The maximum atomic E-state index is 3.78. The average molecular weight is 225 g/mol. The second-order valence-electron chi connectivity index (χ2n) is 4.31. The van der Waals surface area contributed by atoms with Crippen molar-refractivity contribution in [2.24, 2.45) is 0 Å². The smallest absolute Gasteiger partial charge is 0.236 e. The van der Waals surface area contributed by atoms with Crippen LogP contribution in [0, 0.1) is 0 Å². The standard InChI is InChI=1S/C14H28N2/c1-4-6-7-8-9-10-11-12-13-16(5-2)14-15-3/h5,14H,2,4,6-13H2,1,3H3/p+1. The average Bonchev–Trinajstić information content (AvgIpc) is 2.31. The van der Waals surface area contributed by atoms with Gasteiger partial charge in [0.1, 0.15) is 0 Å². The van der Waals surface area contributed by atoms with E-state index in [1.165, 1.54) is 51.4 Å². The Kier molecular flexibility index (Phi) is 11.7. The first kappa shape index (κ1) is 15.2. The minimum absolute atomic E-state index is 1.08. The molecule has 0 saturated carbocycles. The van der Waals surface area contributed by atoms with Gasteiger partial charge in [0.15, 0.2) is 0 Å². The third kappa shape index (κ3) is 9.75. The van der Waals surface area contributed by atoms with Gasteiger partial charge < -0.3 is 0 Å². The molecule has 0 aromatic carbocycles. The van der Waals surface area contributed by atoms with E-state index >= 15 is 0 Å². The molecule has 0 bridgehead atoms. The van der Waals surface area contributed by atoms with Crippen LogP contribution in [-0.2, 0) is 0 Å². The van der Waals surface area contributed by atoms with Gasteiger partial charge in [0, 0.05) is 0 Å². The Balaban J connectivity index is 3.26. The maximum Gasteiger partial charge on any atom is 0.236 e. The summed E-state index contributed by atoms with van der Waals surface area (Å²) in [6, 6.07) is 0. The van der Waals surface area contributed by atoms with Crippen molar-refractivity contribution < 1.29 is 4.58 Å². The first-order chi connectivity index (χ1) is 7.85. The summed E-state index contributed by atoms with van der Waals surface area (Å²) in [5.41, 5.74) is 0. The zero-order valence-corrected chi connectivity index (χ0v) is 11.2. The van der Waals surface area contributed by atoms with Gasteiger partial charge in [-0.05, 0) is 12.8 Å². The highest BCUT2D eigenvalue weighted by Crippen LogP contribution is 2.08. The van der Waals surface area contributed by atoms with E-state index in [2.05, 4.69) is 23.4 Å². The van der Waals surface area contributed by atoms with Crippen molar-refractivity contribution >= 4 is 6.34 Å². The Labute approximate surface area is 101 Å². The van der Waals surface area contributed by atoms with Crippen LogP contribution in [0.4, 0.5) is 0 Å². The summed E-state index contributed by atoms with van der Waals surface area (Å²) in [5.74, 6) is 0. The van der Waals surface area contributed by atoms with Crippen LogP contribution in [0.3, 0.4) is 0 Å². The van der Waals surface area contributed by atoms with Gasteiger partial charge in [-0.25, -0.2) is 4.58 Å². The molecule has 94 valence electrons. The van der Waals surface area contributed by atoms with Crippen LogP contribution in [0.2, 0.25) is 0 Å². The van der Waals surface area contributed by atoms with Crippen LogP contribution >= 0.6 is 0 Å². The fourth-order valence-electron chi connectivity index (χ4n) is 1.80. The van der Waals surface area contributed by atoms with E-state index in [1.54, 1.807) is 0 Å². The van der Waals surface area contributed by atoms with E-state index in [0.717, 1.165) is 6.54 Å². The topological polar surface area (TPSA) is 15.0 Å². The van der Waals surface area contributed by atoms with Crippen LogP contribution in [-0.4, -0.2) is 24.5 Å². The molecule has 0 amide bonds. The van der Waals surface area contributed by atoms with E-state index in [4.69, 9.17) is 0 Å². The molecular weight excluding hydrogens is 196 g/mol. The largest absolute Gasteiger partial charge is 0.283 e. The highest BCUT2D eigenvalue weighted by molar-refractivity contribution is 5.47. The molecule has 0 aliphatic heterocycles. The fourth-order valence-corrected chi connectivity index (χ4v) is 1.80. The Morgan fingerprint density at radius 2 is 1.56 bits per heavy atom. The van der Waals surface area contributed by atoms with Crippen LogP contribution < -0.4 is 5.32 Å². The van der Waals surface area contributed by atoms with Crippen molar-refractivity contribution in [2.45, 2.75) is 58.3 Å². The van der Waals surface area contributed by atoms with Gasteiger partial charge in [0.25, 0.3) is 0 Å². The first-order valence-electron chi connectivity index (χ1n) is 6.74. The van der Waals surface area contributed by atoms with Crippen LogP contribution in [0.5, 0.6) is 0 Å². The van der Waals surface area contributed by atoms with Gasteiger partial charge in [-0.15, -0.1) is 0 Å². The minimum Gasteiger partial charge on any atom is -0.283 e. The number of rotatable bonds is 11. The molecule has 2 heteroatoms. The molecule has 0 spiro atoms. The SMILES string of the molecule is C=C[N+](=CNC)CCCCCCCCCC. The lowest BCUT2D eigenvalue weighted by Gasteiger charge is -2.02. The molecule has 0 heterocycles. The lowest BCUT2D eigenvalue weighted by atomic mass is 10.1. The van der Waals surface area contributed by atoms with Gasteiger partial charge in [0.05, 0.1) is 19.8 Å². The first-order valence-corrected chi connectivity index (χ1v) is 6.74. The maximum absolute atomic E-state index is 3.78. The van der Waals surface area contributed by atoms with Gasteiger partial charge >= 0.3 is 0 Å². The molecule has 0 aromatic heterocycles. The van der Waals surface area contributed by atoms with E-state index in [-0.39, 0.29) is 0 Å². The highest BCUT2D eigenvalue weighted by atomic mass is 15.0. The quantitative estimate of drug-likeness (QED) is 0.246. The lowest BCUT2D eigenvalue weighted by molar-refractivity contribution is -0.454. The molecule has 0 rings (SSSR count). The summed E-state index contributed by atoms with van der Waals surface area (Å²) in [7, 11) is 1.92. The molecule has 1 N–H and O–H groups in total. The summed E-state index contributed by atoms with van der Waals surface area (Å²) in [5, 5.41) is 3.02. The predicted molar refractivity (Wildman–Crippen MR) is 73.1 cm³/mol. The molecule has 16 heavy (non-hydrogen) atoms. The molecule has 0 aliphatic carbocycles. The Morgan fingerprint density at radius 3 is 2.06 bits per heavy atom. The summed E-state index contributed by atoms with van der Waals surface area (Å²) in [6.45, 7) is 7.13. The normalized spacial score (nSPS) is 11.5. The van der Waals surface area contributed by atoms with Gasteiger partial charge in [-0.2, -0.15) is 0 Å². The van der Waals surface area contributed by atoms with Crippen LogP contribution in [0.15, 0.2) is 12.8 Å². The van der Waals surface area contributed by atoms with E-state index < -0.39 is 0 Å². The Hall–Kier alpha value is -0.790. The van der Waals surface area contributed by atoms with Crippen LogP contribution in [0.25, 0.3) is 0 Å². The number of unbranched alkanes of at least 4 members (excludes halogenated alkanes) is 7. The third-order valence-corrected chi connectivity index (χ3v) is 2.80. The van der Waals surface area contributed by atoms with Gasteiger partial charge in [-0.3, -0.25) is 5.32 Å². The second-order valence-corrected chi connectivity index (χ2v) is 4.31. The molecular formula is C14H29N2+. The van der Waals surface area contributed by atoms with Gasteiger partial charge in [-0.1, -0.05) is 52.0 Å². The Bertz CT molecular complexity index is 185. The molecule has 0 atom stereocenters. The fraction of sp³-hybridized carbons (Fsp3) is 0.786. The molecule has 0 radical (unpaired) electrons. The number of hydrogen-bond donors (Lipinski definition) is 1. The van der Waals surface area contributed by atoms with Crippen molar-refractivity contribution in [3.8, 4) is 0 Å². The van der Waals surface area contributed by atoms with E-state index in [9.17, 15) is 0 Å². The number of nitrogens with zero attached hydrogens (tertiary/aromatic N) is 1. The molecule has 0 saturated heterocycles. The molecule has 0 aromatic rings. The zero-order chi connectivity index (χ0) is 12.1.